The van der Waals surface area contributed by atoms with E-state index in [9.17, 15) is 14.3 Å². The Morgan fingerprint density at radius 1 is 1.14 bits per heavy atom. The maximum atomic E-state index is 13.1. The third-order valence-corrected chi connectivity index (χ3v) is 7.52. The molecule has 0 spiro atoms. The number of aromatic amines is 1. The van der Waals surface area contributed by atoms with Crippen molar-refractivity contribution < 1.29 is 19.0 Å². The van der Waals surface area contributed by atoms with Gasteiger partial charge in [-0.3, -0.25) is 14.8 Å². The Morgan fingerprint density at radius 3 is 2.67 bits per heavy atom. The molecule has 216 valence electrons. The molecule has 5 aromatic rings. The fourth-order valence-electron chi connectivity index (χ4n) is 4.73. The van der Waals surface area contributed by atoms with Gasteiger partial charge in [0, 0.05) is 41.6 Å². The minimum absolute atomic E-state index is 0.103. The summed E-state index contributed by atoms with van der Waals surface area (Å²) >= 11 is 1.40. The summed E-state index contributed by atoms with van der Waals surface area (Å²) in [7, 11) is 0. The Hall–Kier alpha value is -4.46. The highest BCUT2D eigenvalue weighted by Crippen LogP contribution is 2.29. The number of halogens is 1. The van der Waals surface area contributed by atoms with Gasteiger partial charge in [-0.15, -0.1) is 5.10 Å². The maximum Gasteiger partial charge on any atom is 0.238 e. The summed E-state index contributed by atoms with van der Waals surface area (Å²) in [4.78, 5) is 20.2. The Morgan fingerprint density at radius 2 is 1.93 bits per heavy atom. The minimum Gasteiger partial charge on any atom is -0.486 e. The number of fused-ring (bicyclic) bond motifs is 1. The van der Waals surface area contributed by atoms with Gasteiger partial charge in [-0.1, -0.05) is 0 Å². The summed E-state index contributed by atoms with van der Waals surface area (Å²) in [6, 6.07) is 17.0. The number of carbonyl (C=O) groups is 1. The molecule has 2 atom stereocenters. The fraction of sp³-hybridized carbons (Fsp3) is 0.241. The SMILES string of the molecule is Cc1cc2c(Nc3cc(C)[nH]n3)nc(Sc3ccc(NC(=O)CN4C[C@H](O)[C@H](Oc5ccc(F)cc5)C4)cc3)nn2c1. The average molecular weight is 589 g/mol. The van der Waals surface area contributed by atoms with Crippen molar-refractivity contribution in [1.29, 1.82) is 0 Å². The maximum absolute atomic E-state index is 13.1. The van der Waals surface area contributed by atoms with Crippen molar-refractivity contribution in [2.24, 2.45) is 0 Å². The van der Waals surface area contributed by atoms with E-state index in [1.165, 1.54) is 36.0 Å². The van der Waals surface area contributed by atoms with E-state index in [-0.39, 0.29) is 18.3 Å². The number of nitrogens with one attached hydrogen (secondary N) is 3. The highest BCUT2D eigenvalue weighted by atomic mass is 32.2. The molecule has 4 N–H and O–H groups in total. The second-order valence-electron chi connectivity index (χ2n) is 10.2. The van der Waals surface area contributed by atoms with Crippen LogP contribution in [0.3, 0.4) is 0 Å². The van der Waals surface area contributed by atoms with Crippen LogP contribution in [-0.2, 0) is 4.79 Å². The molecule has 1 fully saturated rings. The van der Waals surface area contributed by atoms with E-state index in [2.05, 4.69) is 25.9 Å². The number of rotatable bonds is 9. The number of aromatic nitrogens is 5. The zero-order valence-corrected chi connectivity index (χ0v) is 23.7. The molecule has 1 amide bonds. The van der Waals surface area contributed by atoms with Gasteiger partial charge in [-0.05, 0) is 85.8 Å². The molecule has 0 bridgehead atoms. The molecule has 1 aliphatic heterocycles. The van der Waals surface area contributed by atoms with Crippen molar-refractivity contribution in [2.45, 2.75) is 36.1 Å². The van der Waals surface area contributed by atoms with Crippen LogP contribution in [0.4, 0.5) is 21.7 Å². The second kappa shape index (κ2) is 11.8. The number of aliphatic hydroxyl groups is 1. The van der Waals surface area contributed by atoms with Gasteiger partial charge < -0.3 is 20.5 Å². The average Bonchev–Trinajstić information content (AvgIpc) is 3.64. The van der Waals surface area contributed by atoms with Gasteiger partial charge in [0.1, 0.15) is 29.3 Å². The first-order valence-electron chi connectivity index (χ1n) is 13.3. The standard InChI is InChI=1S/C29H29FN8O3S/c1-17-11-23-28(32-26-12-18(2)34-35-26)33-29(36-38(23)13-17)42-22-9-5-20(6-10-22)31-27(40)16-37-14-24(39)25(15-37)41-21-7-3-19(30)4-8-21/h3-13,24-25,39H,14-16H2,1-2H3,(H,31,40)(H2,32,33,34,35,36)/t24-,25+/m0/s1. The fourth-order valence-corrected chi connectivity index (χ4v) is 5.48. The number of amides is 1. The number of carbonyl (C=O) groups excluding carboxylic acids is 1. The van der Waals surface area contributed by atoms with Crippen LogP contribution in [0, 0.1) is 19.7 Å². The van der Waals surface area contributed by atoms with Crippen LogP contribution in [0.5, 0.6) is 5.75 Å². The van der Waals surface area contributed by atoms with Crippen LogP contribution >= 0.6 is 11.8 Å². The zero-order valence-electron chi connectivity index (χ0n) is 22.9. The molecule has 13 heteroatoms. The van der Waals surface area contributed by atoms with Gasteiger partial charge >= 0.3 is 0 Å². The predicted octanol–water partition coefficient (Wildman–Crippen LogP) is 4.17. The van der Waals surface area contributed by atoms with Gasteiger partial charge in [0.2, 0.25) is 11.1 Å². The number of H-pyrrole nitrogens is 1. The minimum atomic E-state index is -0.754. The predicted molar refractivity (Wildman–Crippen MR) is 157 cm³/mol. The largest absolute Gasteiger partial charge is 0.486 e. The summed E-state index contributed by atoms with van der Waals surface area (Å²) in [5, 5.41) is 28.9. The number of ether oxygens (including phenoxy) is 1. The molecule has 0 saturated carbocycles. The highest BCUT2D eigenvalue weighted by molar-refractivity contribution is 7.99. The molecule has 0 unspecified atom stereocenters. The van der Waals surface area contributed by atoms with E-state index in [4.69, 9.17) is 9.72 Å². The van der Waals surface area contributed by atoms with Gasteiger partial charge in [0.25, 0.3) is 0 Å². The molecule has 0 aliphatic carbocycles. The van der Waals surface area contributed by atoms with E-state index >= 15 is 0 Å². The van der Waals surface area contributed by atoms with E-state index in [0.29, 0.717) is 41.3 Å². The number of β-amino-alcohol motifs (C(OH)–C–C–N with tert-alkyl or cyclic N) is 1. The number of benzene rings is 2. The normalized spacial score (nSPS) is 17.0. The lowest BCUT2D eigenvalue weighted by atomic mass is 10.2. The second-order valence-corrected chi connectivity index (χ2v) is 11.2. The third-order valence-electron chi connectivity index (χ3n) is 6.66. The van der Waals surface area contributed by atoms with Crippen LogP contribution in [0.25, 0.3) is 5.52 Å². The number of anilines is 3. The van der Waals surface area contributed by atoms with Gasteiger partial charge in [0.05, 0.1) is 6.54 Å². The lowest BCUT2D eigenvalue weighted by molar-refractivity contribution is -0.117. The topological polar surface area (TPSA) is 133 Å². The molecule has 6 rings (SSSR count). The molecule has 3 aromatic heterocycles. The van der Waals surface area contributed by atoms with Gasteiger partial charge in [-0.25, -0.2) is 13.9 Å². The number of hydrogen-bond acceptors (Lipinski definition) is 9. The molecule has 1 saturated heterocycles. The highest BCUT2D eigenvalue weighted by Gasteiger charge is 2.34. The summed E-state index contributed by atoms with van der Waals surface area (Å²) in [5.41, 5.74) is 3.49. The van der Waals surface area contributed by atoms with Crippen LogP contribution in [0.15, 0.2) is 76.9 Å². The van der Waals surface area contributed by atoms with E-state index in [1.807, 2.05) is 61.3 Å². The number of nitrogens with zero attached hydrogens (tertiary/aromatic N) is 5. The van der Waals surface area contributed by atoms with Crippen LogP contribution < -0.4 is 15.4 Å². The molecule has 42 heavy (non-hydrogen) atoms. The molecule has 4 heterocycles. The van der Waals surface area contributed by atoms with Crippen molar-refractivity contribution in [3.05, 3.63) is 83.9 Å². The van der Waals surface area contributed by atoms with E-state index < -0.39 is 12.2 Å². The Balaban J connectivity index is 1.06. The first-order valence-corrected chi connectivity index (χ1v) is 14.2. The quantitative estimate of drug-likeness (QED) is 0.200. The first kappa shape index (κ1) is 27.7. The number of aryl methyl sites for hydroxylation is 2. The molecule has 2 aromatic carbocycles. The van der Waals surface area contributed by atoms with Crippen LogP contribution in [0.2, 0.25) is 0 Å². The van der Waals surface area contributed by atoms with Crippen molar-refractivity contribution in [3.8, 4) is 5.75 Å². The molecule has 1 aliphatic rings. The Bertz CT molecular complexity index is 1710. The first-order chi connectivity index (χ1) is 20.3. The lowest BCUT2D eigenvalue weighted by Gasteiger charge is -2.17. The van der Waals surface area contributed by atoms with E-state index in [1.54, 1.807) is 4.52 Å². The van der Waals surface area contributed by atoms with Crippen molar-refractivity contribution >= 4 is 40.5 Å². The summed E-state index contributed by atoms with van der Waals surface area (Å²) < 4.78 is 20.7. The molecule has 11 nitrogen and oxygen atoms in total. The van der Waals surface area contributed by atoms with Crippen LogP contribution in [0.1, 0.15) is 11.3 Å². The van der Waals surface area contributed by atoms with Gasteiger partial charge in [-0.2, -0.15) is 5.10 Å². The monoisotopic (exact) mass is 588 g/mol. The zero-order chi connectivity index (χ0) is 29.2. The van der Waals surface area contributed by atoms with Crippen molar-refractivity contribution in [2.75, 3.05) is 30.3 Å². The summed E-state index contributed by atoms with van der Waals surface area (Å²) in [6.45, 7) is 4.72. The molecule has 0 radical (unpaired) electrons. The molecular weight excluding hydrogens is 559 g/mol. The number of likely N-dealkylation sites (tertiary alicyclic amines) is 1. The van der Waals surface area contributed by atoms with Gasteiger partial charge in [0.15, 0.2) is 11.6 Å². The number of hydrogen-bond donors (Lipinski definition) is 4. The Labute approximate surface area is 245 Å². The van der Waals surface area contributed by atoms with E-state index in [0.717, 1.165) is 21.7 Å². The Kier molecular flexibility index (Phi) is 7.78. The van der Waals surface area contributed by atoms with Crippen molar-refractivity contribution in [3.63, 3.8) is 0 Å². The lowest BCUT2D eigenvalue weighted by Crippen LogP contribution is -2.33. The van der Waals surface area contributed by atoms with Crippen LogP contribution in [-0.4, -0.2) is 72.6 Å². The number of aliphatic hydroxyl groups excluding tert-OH is 1. The summed E-state index contributed by atoms with van der Waals surface area (Å²) in [5.74, 6) is 1.23. The van der Waals surface area contributed by atoms with Crippen molar-refractivity contribution in [1.82, 2.24) is 29.7 Å². The smallest absolute Gasteiger partial charge is 0.238 e. The summed E-state index contributed by atoms with van der Waals surface area (Å²) in [6.07, 6.45) is 0.683. The molecular formula is C29H29FN8O3S. The third kappa shape index (κ3) is 6.54.